The van der Waals surface area contributed by atoms with Gasteiger partial charge in [0.25, 0.3) is 0 Å². The molecule has 0 aliphatic carbocycles. The van der Waals surface area contributed by atoms with Crippen LogP contribution < -0.4 is 10.5 Å². The first kappa shape index (κ1) is 7.79. The van der Waals surface area contributed by atoms with Gasteiger partial charge >= 0.3 is 0 Å². The van der Waals surface area contributed by atoms with Crippen molar-refractivity contribution in [2.45, 2.75) is 0 Å². The van der Waals surface area contributed by atoms with Crippen LogP contribution in [0.1, 0.15) is 0 Å². The molecule has 1 aliphatic heterocycles. The van der Waals surface area contributed by atoms with Crippen LogP contribution in [0.15, 0.2) is 47.5 Å². The van der Waals surface area contributed by atoms with Crippen molar-refractivity contribution in [1.82, 2.24) is 5.43 Å². The lowest BCUT2D eigenvalue weighted by molar-refractivity contribution is 0.524. The predicted molar refractivity (Wildman–Crippen MR) is 49.7 cm³/mol. The fraction of sp³-hybridized carbons (Fsp3) is 0. The third-order valence-corrected chi connectivity index (χ3v) is 1.62. The number of hydrazone groups is 1. The van der Waals surface area contributed by atoms with Gasteiger partial charge < -0.3 is 0 Å². The Morgan fingerprint density at radius 2 is 2.00 bits per heavy atom. The summed E-state index contributed by atoms with van der Waals surface area (Å²) in [4.78, 5) is 0. The molecule has 4 heteroatoms. The SMILES string of the molecule is FC1=CC=NN(c2ccccc2)N1. The summed E-state index contributed by atoms with van der Waals surface area (Å²) in [6, 6.07) is 9.29. The number of halogens is 1. The Bertz CT molecular complexity index is 345. The smallest absolute Gasteiger partial charge is 0.208 e. The van der Waals surface area contributed by atoms with Gasteiger partial charge in [-0.2, -0.15) is 14.6 Å². The molecule has 1 aliphatic rings. The van der Waals surface area contributed by atoms with E-state index < -0.39 is 5.95 Å². The number of para-hydroxylation sites is 1. The number of allylic oxidation sites excluding steroid dienone is 1. The molecule has 0 bridgehead atoms. The van der Waals surface area contributed by atoms with Gasteiger partial charge in [0.1, 0.15) is 0 Å². The van der Waals surface area contributed by atoms with Crippen LogP contribution in [0.3, 0.4) is 0 Å². The molecule has 0 unspecified atom stereocenters. The number of hydrogen-bond acceptors (Lipinski definition) is 3. The minimum Gasteiger partial charge on any atom is -0.252 e. The quantitative estimate of drug-likeness (QED) is 0.662. The van der Waals surface area contributed by atoms with E-state index in [9.17, 15) is 4.39 Å². The van der Waals surface area contributed by atoms with Crippen LogP contribution in [0.25, 0.3) is 0 Å². The average molecular weight is 177 g/mol. The number of rotatable bonds is 1. The normalized spacial score (nSPS) is 15.2. The standard InChI is InChI=1S/C9H8FN3/c10-9-6-7-11-13(12-9)8-4-2-1-3-5-8/h1-7,12H. The van der Waals surface area contributed by atoms with Gasteiger partial charge in [0.15, 0.2) is 0 Å². The lowest BCUT2D eigenvalue weighted by Gasteiger charge is -2.21. The maximum absolute atomic E-state index is 12.7. The first-order chi connectivity index (χ1) is 6.36. The Hall–Kier alpha value is -1.84. The molecule has 1 heterocycles. The van der Waals surface area contributed by atoms with Crippen LogP contribution in [-0.4, -0.2) is 6.21 Å². The maximum Gasteiger partial charge on any atom is 0.208 e. The van der Waals surface area contributed by atoms with Crippen molar-refractivity contribution in [3.8, 4) is 0 Å². The lowest BCUT2D eigenvalue weighted by atomic mass is 10.3. The lowest BCUT2D eigenvalue weighted by Crippen LogP contribution is -2.33. The van der Waals surface area contributed by atoms with Crippen LogP contribution in [0, 0.1) is 0 Å². The number of hydrogen-bond donors (Lipinski definition) is 1. The van der Waals surface area contributed by atoms with Crippen molar-refractivity contribution in [3.63, 3.8) is 0 Å². The van der Waals surface area contributed by atoms with E-state index in [1.807, 2.05) is 30.3 Å². The van der Waals surface area contributed by atoms with Gasteiger partial charge in [-0.1, -0.05) is 18.2 Å². The summed E-state index contributed by atoms with van der Waals surface area (Å²) in [5.74, 6) is -0.418. The molecule has 0 saturated carbocycles. The highest BCUT2D eigenvalue weighted by Crippen LogP contribution is 2.13. The third-order valence-electron chi connectivity index (χ3n) is 1.62. The van der Waals surface area contributed by atoms with E-state index in [0.717, 1.165) is 5.69 Å². The van der Waals surface area contributed by atoms with Crippen molar-refractivity contribution in [1.29, 1.82) is 0 Å². The number of anilines is 1. The minimum atomic E-state index is -0.418. The maximum atomic E-state index is 12.7. The van der Waals surface area contributed by atoms with E-state index in [-0.39, 0.29) is 0 Å². The second kappa shape index (κ2) is 3.26. The van der Waals surface area contributed by atoms with Crippen molar-refractivity contribution in [3.05, 3.63) is 42.4 Å². The Morgan fingerprint density at radius 1 is 1.23 bits per heavy atom. The molecule has 0 saturated heterocycles. The molecule has 13 heavy (non-hydrogen) atoms. The molecule has 0 fully saturated rings. The number of benzene rings is 1. The molecule has 0 spiro atoms. The van der Waals surface area contributed by atoms with Crippen molar-refractivity contribution < 1.29 is 4.39 Å². The molecule has 0 atom stereocenters. The fourth-order valence-corrected chi connectivity index (χ4v) is 1.03. The summed E-state index contributed by atoms with van der Waals surface area (Å²) in [6.07, 6.45) is 2.66. The second-order valence-electron chi connectivity index (χ2n) is 2.54. The zero-order chi connectivity index (χ0) is 9.10. The summed E-state index contributed by atoms with van der Waals surface area (Å²) in [5.41, 5.74) is 3.26. The predicted octanol–water partition coefficient (Wildman–Crippen LogP) is 1.81. The van der Waals surface area contributed by atoms with Gasteiger partial charge in [-0.25, -0.2) is 0 Å². The third kappa shape index (κ3) is 1.66. The van der Waals surface area contributed by atoms with E-state index in [0.29, 0.717) is 0 Å². The van der Waals surface area contributed by atoms with Crippen LogP contribution in [0.5, 0.6) is 0 Å². The molecule has 66 valence electrons. The van der Waals surface area contributed by atoms with Gasteiger partial charge in [0, 0.05) is 6.08 Å². The van der Waals surface area contributed by atoms with Crippen LogP contribution in [0.4, 0.5) is 10.1 Å². The zero-order valence-corrected chi connectivity index (χ0v) is 6.81. The largest absolute Gasteiger partial charge is 0.252 e. The highest BCUT2D eigenvalue weighted by molar-refractivity contribution is 5.74. The molecule has 0 radical (unpaired) electrons. The average Bonchev–Trinajstić information content (AvgIpc) is 2.19. The van der Waals surface area contributed by atoms with Gasteiger partial charge in [0.2, 0.25) is 5.95 Å². The molecule has 1 aromatic rings. The topological polar surface area (TPSA) is 27.6 Å². The van der Waals surface area contributed by atoms with Gasteiger partial charge in [-0.15, -0.1) is 0 Å². The number of nitrogens with one attached hydrogen (secondary N) is 1. The molecule has 0 amide bonds. The highest BCUT2D eigenvalue weighted by atomic mass is 19.1. The molecule has 1 aromatic carbocycles. The Balaban J connectivity index is 2.21. The molecular formula is C9H8FN3. The first-order valence-electron chi connectivity index (χ1n) is 3.88. The summed E-state index contributed by atoms with van der Waals surface area (Å²) in [6.45, 7) is 0. The minimum absolute atomic E-state index is 0.418. The van der Waals surface area contributed by atoms with E-state index >= 15 is 0 Å². The summed E-state index contributed by atoms with van der Waals surface area (Å²) in [7, 11) is 0. The number of hydrazine groups is 1. The van der Waals surface area contributed by atoms with E-state index in [1.165, 1.54) is 17.4 Å². The van der Waals surface area contributed by atoms with E-state index in [1.54, 1.807) is 0 Å². The van der Waals surface area contributed by atoms with Crippen molar-refractivity contribution >= 4 is 11.9 Å². The molecular weight excluding hydrogens is 169 g/mol. The Kier molecular flexibility index (Phi) is 1.96. The molecule has 3 nitrogen and oxygen atoms in total. The van der Waals surface area contributed by atoms with Crippen molar-refractivity contribution in [2.24, 2.45) is 5.10 Å². The fourth-order valence-electron chi connectivity index (χ4n) is 1.03. The van der Waals surface area contributed by atoms with Crippen LogP contribution in [0.2, 0.25) is 0 Å². The summed E-state index contributed by atoms with van der Waals surface area (Å²) >= 11 is 0. The van der Waals surface area contributed by atoms with Crippen LogP contribution >= 0.6 is 0 Å². The highest BCUT2D eigenvalue weighted by Gasteiger charge is 2.07. The van der Waals surface area contributed by atoms with Crippen LogP contribution in [-0.2, 0) is 0 Å². The van der Waals surface area contributed by atoms with Gasteiger partial charge in [-0.05, 0) is 12.1 Å². The zero-order valence-electron chi connectivity index (χ0n) is 6.81. The van der Waals surface area contributed by atoms with Gasteiger partial charge in [0.05, 0.1) is 11.9 Å². The van der Waals surface area contributed by atoms with E-state index in [4.69, 9.17) is 0 Å². The molecule has 2 rings (SSSR count). The van der Waals surface area contributed by atoms with E-state index in [2.05, 4.69) is 10.5 Å². The Labute approximate surface area is 75.1 Å². The molecule has 0 aromatic heterocycles. The monoisotopic (exact) mass is 177 g/mol. The number of nitrogens with zero attached hydrogens (tertiary/aromatic N) is 2. The first-order valence-corrected chi connectivity index (χ1v) is 3.88. The molecule has 1 N–H and O–H groups in total. The summed E-state index contributed by atoms with van der Waals surface area (Å²) in [5, 5.41) is 5.30. The van der Waals surface area contributed by atoms with Gasteiger partial charge in [-0.3, -0.25) is 5.43 Å². The second-order valence-corrected chi connectivity index (χ2v) is 2.54. The summed E-state index contributed by atoms with van der Waals surface area (Å²) < 4.78 is 12.7. The van der Waals surface area contributed by atoms with Crippen molar-refractivity contribution in [2.75, 3.05) is 5.12 Å². The Morgan fingerprint density at radius 3 is 2.69 bits per heavy atom.